The van der Waals surface area contributed by atoms with Crippen molar-refractivity contribution >= 4 is 21.8 Å². The van der Waals surface area contributed by atoms with Gasteiger partial charge in [-0.25, -0.2) is 8.42 Å². The summed E-state index contributed by atoms with van der Waals surface area (Å²) in [5, 5.41) is 6.75. The van der Waals surface area contributed by atoms with E-state index in [1.165, 1.54) is 16.4 Å². The number of nitrogens with two attached hydrogens (primary N) is 1. The highest BCUT2D eigenvalue weighted by molar-refractivity contribution is 7.89. The number of sulfonamides is 1. The minimum absolute atomic E-state index is 0.138. The molecule has 10 heteroatoms. The van der Waals surface area contributed by atoms with Gasteiger partial charge in [0.2, 0.25) is 10.0 Å². The molecule has 4 rings (SSSR count). The van der Waals surface area contributed by atoms with E-state index in [1.807, 2.05) is 0 Å². The minimum atomic E-state index is -3.51. The average Bonchev–Trinajstić information content (AvgIpc) is 3.46. The fourth-order valence-electron chi connectivity index (χ4n) is 4.14. The molecule has 2 fully saturated rings. The van der Waals surface area contributed by atoms with Crippen molar-refractivity contribution in [3.63, 3.8) is 0 Å². The largest absolute Gasteiger partial charge is 0.364 e. The van der Waals surface area contributed by atoms with E-state index < -0.39 is 15.9 Å². The van der Waals surface area contributed by atoms with Crippen molar-refractivity contribution in [3.05, 3.63) is 47.3 Å². The van der Waals surface area contributed by atoms with Crippen LogP contribution in [0.5, 0.6) is 0 Å². The van der Waals surface area contributed by atoms with Gasteiger partial charge in [-0.05, 0) is 62.4 Å². The number of nitrogens with zero attached hydrogens (tertiary/aromatic N) is 3. The van der Waals surface area contributed by atoms with Gasteiger partial charge < -0.3 is 10.6 Å². The standard InChI is InChI=1S/C20H25N5O4S/c21-19(26)17-13-16(22-23-17)18-5-1-2-12-25(18)20(27)14-6-8-15(9-7-14)30(28,29)24-10-3-4-11-24/h6-9,13,18H,1-5,10-12H2,(H2,21,26)(H,22,23). The lowest BCUT2D eigenvalue weighted by Gasteiger charge is -2.35. The van der Waals surface area contributed by atoms with Crippen LogP contribution in [0.1, 0.15) is 64.7 Å². The fraction of sp³-hybridized carbons (Fsp3) is 0.450. The molecule has 2 saturated heterocycles. The molecule has 0 aliphatic carbocycles. The highest BCUT2D eigenvalue weighted by Gasteiger charge is 2.31. The van der Waals surface area contributed by atoms with Gasteiger partial charge in [0.1, 0.15) is 5.69 Å². The van der Waals surface area contributed by atoms with E-state index >= 15 is 0 Å². The van der Waals surface area contributed by atoms with Gasteiger partial charge in [0.15, 0.2) is 0 Å². The maximum absolute atomic E-state index is 13.2. The van der Waals surface area contributed by atoms with E-state index in [0.29, 0.717) is 30.9 Å². The Balaban J connectivity index is 1.55. The van der Waals surface area contributed by atoms with Crippen LogP contribution in [0.25, 0.3) is 0 Å². The Hall–Kier alpha value is -2.72. The number of benzene rings is 1. The van der Waals surface area contributed by atoms with Crippen LogP contribution in [0.4, 0.5) is 0 Å². The molecule has 0 radical (unpaired) electrons. The molecule has 2 amide bonds. The van der Waals surface area contributed by atoms with Gasteiger partial charge >= 0.3 is 0 Å². The van der Waals surface area contributed by atoms with Gasteiger partial charge in [-0.15, -0.1) is 0 Å². The van der Waals surface area contributed by atoms with Gasteiger partial charge in [0.25, 0.3) is 11.8 Å². The summed E-state index contributed by atoms with van der Waals surface area (Å²) in [7, 11) is -3.51. The maximum Gasteiger partial charge on any atom is 0.269 e. The summed E-state index contributed by atoms with van der Waals surface area (Å²) in [6, 6.07) is 7.49. The van der Waals surface area contributed by atoms with E-state index in [0.717, 1.165) is 32.1 Å². The third kappa shape index (κ3) is 3.84. The monoisotopic (exact) mass is 431 g/mol. The van der Waals surface area contributed by atoms with Crippen molar-refractivity contribution in [2.45, 2.75) is 43.0 Å². The molecule has 3 heterocycles. The molecule has 0 bridgehead atoms. The quantitative estimate of drug-likeness (QED) is 0.744. The number of aromatic amines is 1. The highest BCUT2D eigenvalue weighted by Crippen LogP contribution is 2.31. The summed E-state index contributed by atoms with van der Waals surface area (Å²) < 4.78 is 26.9. The lowest BCUT2D eigenvalue weighted by Crippen LogP contribution is -2.38. The summed E-state index contributed by atoms with van der Waals surface area (Å²) in [5.74, 6) is -0.805. The number of amides is 2. The van der Waals surface area contributed by atoms with Crippen molar-refractivity contribution in [2.75, 3.05) is 19.6 Å². The summed E-state index contributed by atoms with van der Waals surface area (Å²) >= 11 is 0. The Bertz CT molecular complexity index is 1040. The Morgan fingerprint density at radius 2 is 1.70 bits per heavy atom. The second-order valence-electron chi connectivity index (χ2n) is 7.72. The Kier molecular flexibility index (Phi) is 5.61. The summed E-state index contributed by atoms with van der Waals surface area (Å²) in [5.41, 5.74) is 6.52. The van der Waals surface area contributed by atoms with Crippen LogP contribution in [0.15, 0.2) is 35.2 Å². The molecule has 0 saturated carbocycles. The smallest absolute Gasteiger partial charge is 0.269 e. The fourth-order valence-corrected chi connectivity index (χ4v) is 5.66. The molecule has 0 spiro atoms. The molecule has 2 aliphatic heterocycles. The van der Waals surface area contributed by atoms with Crippen molar-refractivity contribution in [2.24, 2.45) is 5.73 Å². The van der Waals surface area contributed by atoms with Gasteiger partial charge in [-0.2, -0.15) is 9.40 Å². The number of H-pyrrole nitrogens is 1. The number of likely N-dealkylation sites (tertiary alicyclic amines) is 1. The number of carbonyl (C=O) groups is 2. The normalized spacial score (nSPS) is 20.4. The highest BCUT2D eigenvalue weighted by atomic mass is 32.2. The molecule has 160 valence electrons. The zero-order valence-electron chi connectivity index (χ0n) is 16.6. The van der Waals surface area contributed by atoms with Gasteiger partial charge in [0.05, 0.1) is 16.6 Å². The number of rotatable bonds is 5. The molecule has 9 nitrogen and oxygen atoms in total. The van der Waals surface area contributed by atoms with Crippen LogP contribution in [-0.2, 0) is 10.0 Å². The Morgan fingerprint density at radius 3 is 2.33 bits per heavy atom. The van der Waals surface area contributed by atoms with E-state index in [4.69, 9.17) is 5.73 Å². The first-order chi connectivity index (χ1) is 14.4. The van der Waals surface area contributed by atoms with Crippen molar-refractivity contribution in [1.82, 2.24) is 19.4 Å². The van der Waals surface area contributed by atoms with Gasteiger partial charge in [0, 0.05) is 25.2 Å². The average molecular weight is 432 g/mol. The first-order valence-corrected chi connectivity index (χ1v) is 11.6. The van der Waals surface area contributed by atoms with E-state index in [-0.39, 0.29) is 22.5 Å². The topological polar surface area (TPSA) is 129 Å². The molecule has 1 atom stereocenters. The number of piperidine rings is 1. The zero-order valence-corrected chi connectivity index (χ0v) is 17.4. The second-order valence-corrected chi connectivity index (χ2v) is 9.66. The maximum atomic E-state index is 13.2. The molecule has 30 heavy (non-hydrogen) atoms. The van der Waals surface area contributed by atoms with Gasteiger partial charge in [-0.1, -0.05) is 0 Å². The van der Waals surface area contributed by atoms with Crippen molar-refractivity contribution in [3.8, 4) is 0 Å². The van der Waals surface area contributed by atoms with Crippen LogP contribution in [-0.4, -0.2) is 59.3 Å². The third-order valence-corrected chi connectivity index (χ3v) is 7.69. The summed E-state index contributed by atoms with van der Waals surface area (Å²) in [6.45, 7) is 1.65. The second kappa shape index (κ2) is 8.19. The van der Waals surface area contributed by atoms with E-state index in [9.17, 15) is 18.0 Å². The number of nitrogens with one attached hydrogen (secondary N) is 1. The molecular weight excluding hydrogens is 406 g/mol. The first-order valence-electron chi connectivity index (χ1n) is 10.1. The molecular formula is C20H25N5O4S. The predicted octanol–water partition coefficient (Wildman–Crippen LogP) is 1.66. The third-order valence-electron chi connectivity index (χ3n) is 5.78. The number of carbonyl (C=O) groups excluding carboxylic acids is 2. The van der Waals surface area contributed by atoms with Crippen LogP contribution >= 0.6 is 0 Å². The molecule has 1 unspecified atom stereocenters. The SMILES string of the molecule is NC(=O)c1cc(C2CCCCN2C(=O)c2ccc(S(=O)(=O)N3CCCC3)cc2)[nH]n1. The first kappa shape index (κ1) is 20.5. The van der Waals surface area contributed by atoms with E-state index in [2.05, 4.69) is 10.2 Å². The molecule has 2 aromatic rings. The number of hydrogen-bond acceptors (Lipinski definition) is 5. The Labute approximate surface area is 175 Å². The molecule has 3 N–H and O–H groups in total. The van der Waals surface area contributed by atoms with Crippen LogP contribution in [0, 0.1) is 0 Å². The van der Waals surface area contributed by atoms with Crippen LogP contribution < -0.4 is 5.73 Å². The van der Waals surface area contributed by atoms with Crippen LogP contribution in [0.3, 0.4) is 0 Å². The molecule has 1 aromatic heterocycles. The zero-order chi connectivity index (χ0) is 21.3. The predicted molar refractivity (Wildman–Crippen MR) is 109 cm³/mol. The number of aromatic nitrogens is 2. The lowest BCUT2D eigenvalue weighted by atomic mass is 9.98. The van der Waals surface area contributed by atoms with Crippen LogP contribution in [0.2, 0.25) is 0 Å². The van der Waals surface area contributed by atoms with E-state index in [1.54, 1.807) is 23.1 Å². The number of primary amides is 1. The lowest BCUT2D eigenvalue weighted by molar-refractivity contribution is 0.0606. The molecule has 2 aliphatic rings. The molecule has 1 aromatic carbocycles. The Morgan fingerprint density at radius 1 is 1.03 bits per heavy atom. The number of hydrogen-bond donors (Lipinski definition) is 2. The van der Waals surface area contributed by atoms with Gasteiger partial charge in [-0.3, -0.25) is 14.7 Å². The minimum Gasteiger partial charge on any atom is -0.364 e. The van der Waals surface area contributed by atoms with Crippen molar-refractivity contribution < 1.29 is 18.0 Å². The van der Waals surface area contributed by atoms with Crippen molar-refractivity contribution in [1.29, 1.82) is 0 Å². The summed E-state index contributed by atoms with van der Waals surface area (Å²) in [4.78, 5) is 26.5. The summed E-state index contributed by atoms with van der Waals surface area (Å²) in [6.07, 6.45) is 4.31.